The fraction of sp³-hybridized carbons (Fsp3) is 0.556. The summed E-state index contributed by atoms with van der Waals surface area (Å²) in [5, 5.41) is 8.94. The zero-order valence-corrected chi connectivity index (χ0v) is 6.78. The number of aliphatic carboxylic acids is 1. The fourth-order valence-electron chi connectivity index (χ4n) is 2.37. The molecule has 3 heteroatoms. The molecule has 1 fully saturated rings. The van der Waals surface area contributed by atoms with Crippen molar-refractivity contribution in [3.8, 4) is 0 Å². The lowest BCUT2D eigenvalue weighted by molar-refractivity contribution is -0.145. The summed E-state index contributed by atoms with van der Waals surface area (Å²) in [6.07, 6.45) is 3.80. The maximum Gasteiger partial charge on any atom is 0.311 e. The van der Waals surface area contributed by atoms with E-state index in [1.807, 2.05) is 6.92 Å². The summed E-state index contributed by atoms with van der Waals surface area (Å²) in [4.78, 5) is 22.0. The molecule has 0 amide bonds. The minimum absolute atomic E-state index is 0.00995. The first kappa shape index (κ1) is 7.53. The fourth-order valence-corrected chi connectivity index (χ4v) is 2.37. The summed E-state index contributed by atoms with van der Waals surface area (Å²) >= 11 is 0. The average Bonchev–Trinajstić information content (AvgIpc) is 2.56. The first-order chi connectivity index (χ1) is 5.64. The lowest BCUT2D eigenvalue weighted by Gasteiger charge is -2.08. The highest BCUT2D eigenvalue weighted by molar-refractivity contribution is 6.04. The Morgan fingerprint density at radius 3 is 2.67 bits per heavy atom. The maximum atomic E-state index is 11.1. The van der Waals surface area contributed by atoms with E-state index in [0.29, 0.717) is 6.42 Å². The van der Waals surface area contributed by atoms with Gasteiger partial charge in [-0.2, -0.15) is 0 Å². The highest BCUT2D eigenvalue weighted by Crippen LogP contribution is 2.64. The van der Waals surface area contributed by atoms with Crippen LogP contribution in [0.4, 0.5) is 0 Å². The van der Waals surface area contributed by atoms with Gasteiger partial charge in [0.1, 0.15) is 0 Å². The van der Waals surface area contributed by atoms with Crippen LogP contribution in [0, 0.1) is 17.3 Å². The van der Waals surface area contributed by atoms with Crippen LogP contribution >= 0.6 is 0 Å². The predicted octanol–water partition coefficient (Wildman–Crippen LogP) is 0.852. The standard InChI is InChI=1S/C9H10O3/c1-2-9(8(11)12)5-3-4-6(10)7(5)9/h3-5,7H,2H2,1H3,(H,11,12). The van der Waals surface area contributed by atoms with Crippen LogP contribution in [0.25, 0.3) is 0 Å². The second-order valence-corrected chi connectivity index (χ2v) is 3.46. The molecule has 3 unspecified atom stereocenters. The van der Waals surface area contributed by atoms with Crippen LogP contribution < -0.4 is 0 Å². The van der Waals surface area contributed by atoms with Crippen molar-refractivity contribution in [2.75, 3.05) is 0 Å². The van der Waals surface area contributed by atoms with E-state index in [4.69, 9.17) is 5.11 Å². The van der Waals surface area contributed by atoms with Gasteiger partial charge in [0.15, 0.2) is 5.78 Å². The minimum atomic E-state index is -0.822. The number of carboxylic acid groups (broad SMARTS) is 1. The molecule has 1 N–H and O–H groups in total. The van der Waals surface area contributed by atoms with Crippen molar-refractivity contribution in [1.29, 1.82) is 0 Å². The molecule has 0 bridgehead atoms. The van der Waals surface area contributed by atoms with Gasteiger partial charge in [0.25, 0.3) is 0 Å². The first-order valence-electron chi connectivity index (χ1n) is 4.10. The van der Waals surface area contributed by atoms with Gasteiger partial charge < -0.3 is 5.11 Å². The highest BCUT2D eigenvalue weighted by atomic mass is 16.4. The van der Waals surface area contributed by atoms with Gasteiger partial charge in [0, 0.05) is 11.8 Å². The number of carbonyl (C=O) groups is 2. The number of carbonyl (C=O) groups excluding carboxylic acids is 1. The van der Waals surface area contributed by atoms with Crippen LogP contribution in [0.3, 0.4) is 0 Å². The summed E-state index contributed by atoms with van der Waals surface area (Å²) in [6, 6.07) is 0. The van der Waals surface area contributed by atoms with Crippen molar-refractivity contribution in [2.24, 2.45) is 17.3 Å². The Morgan fingerprint density at radius 1 is 1.75 bits per heavy atom. The number of ketones is 1. The van der Waals surface area contributed by atoms with Crippen molar-refractivity contribution in [3.05, 3.63) is 12.2 Å². The molecule has 0 aromatic heterocycles. The van der Waals surface area contributed by atoms with Gasteiger partial charge >= 0.3 is 5.97 Å². The van der Waals surface area contributed by atoms with E-state index < -0.39 is 11.4 Å². The molecule has 2 rings (SSSR count). The Balaban J connectivity index is 2.33. The summed E-state index contributed by atoms with van der Waals surface area (Å²) in [5.74, 6) is -1.10. The number of hydrogen-bond acceptors (Lipinski definition) is 2. The third-order valence-corrected chi connectivity index (χ3v) is 3.16. The molecule has 64 valence electrons. The molecule has 2 aliphatic carbocycles. The van der Waals surface area contributed by atoms with Gasteiger partial charge in [0.05, 0.1) is 5.41 Å². The van der Waals surface area contributed by atoms with E-state index in [0.717, 1.165) is 0 Å². The van der Waals surface area contributed by atoms with E-state index in [1.165, 1.54) is 6.08 Å². The second-order valence-electron chi connectivity index (χ2n) is 3.46. The lowest BCUT2D eigenvalue weighted by atomic mass is 9.95. The number of allylic oxidation sites excluding steroid dienone is 2. The van der Waals surface area contributed by atoms with Crippen LogP contribution in [0.1, 0.15) is 13.3 Å². The maximum absolute atomic E-state index is 11.1. The Bertz CT molecular complexity index is 292. The Labute approximate surface area is 70.1 Å². The van der Waals surface area contributed by atoms with Gasteiger partial charge in [-0.25, -0.2) is 0 Å². The van der Waals surface area contributed by atoms with Crippen LogP contribution in [-0.2, 0) is 9.59 Å². The Morgan fingerprint density at radius 2 is 2.42 bits per heavy atom. The SMILES string of the molecule is CCC1(C(=O)O)C2C=CC(=O)C21. The molecule has 0 heterocycles. The zero-order chi connectivity index (χ0) is 8.93. The Kier molecular flexibility index (Phi) is 1.24. The predicted molar refractivity (Wildman–Crippen MR) is 41.5 cm³/mol. The van der Waals surface area contributed by atoms with E-state index in [2.05, 4.69) is 0 Å². The normalized spacial score (nSPS) is 42.9. The molecule has 0 aromatic carbocycles. The highest BCUT2D eigenvalue weighted by Gasteiger charge is 2.71. The molecule has 0 aromatic rings. The first-order valence-corrected chi connectivity index (χ1v) is 4.10. The van der Waals surface area contributed by atoms with Gasteiger partial charge in [-0.05, 0) is 12.5 Å². The summed E-state index contributed by atoms with van der Waals surface area (Å²) in [7, 11) is 0. The van der Waals surface area contributed by atoms with Crippen LogP contribution in [-0.4, -0.2) is 16.9 Å². The Hall–Kier alpha value is -1.12. The number of rotatable bonds is 2. The average molecular weight is 166 g/mol. The summed E-state index contributed by atoms with van der Waals surface area (Å²) in [6.45, 7) is 1.83. The molecule has 0 saturated heterocycles. The van der Waals surface area contributed by atoms with Gasteiger partial charge in [0.2, 0.25) is 0 Å². The smallest absolute Gasteiger partial charge is 0.311 e. The largest absolute Gasteiger partial charge is 0.481 e. The number of fused-ring (bicyclic) bond motifs is 1. The van der Waals surface area contributed by atoms with Crippen LogP contribution in [0.2, 0.25) is 0 Å². The molecular formula is C9H10O3. The third kappa shape index (κ3) is 0.578. The summed E-state index contributed by atoms with van der Waals surface area (Å²) < 4.78 is 0. The molecule has 12 heavy (non-hydrogen) atoms. The van der Waals surface area contributed by atoms with Gasteiger partial charge in [-0.15, -0.1) is 0 Å². The number of hydrogen-bond donors (Lipinski definition) is 1. The van der Waals surface area contributed by atoms with Gasteiger partial charge in [-0.3, -0.25) is 9.59 Å². The number of carboxylic acids is 1. The minimum Gasteiger partial charge on any atom is -0.481 e. The molecule has 1 saturated carbocycles. The van der Waals surface area contributed by atoms with Crippen molar-refractivity contribution >= 4 is 11.8 Å². The van der Waals surface area contributed by atoms with E-state index in [-0.39, 0.29) is 17.6 Å². The molecular weight excluding hydrogens is 156 g/mol. The van der Waals surface area contributed by atoms with Crippen LogP contribution in [0.15, 0.2) is 12.2 Å². The molecule has 2 aliphatic rings. The molecule has 0 spiro atoms. The quantitative estimate of drug-likeness (QED) is 0.661. The third-order valence-electron chi connectivity index (χ3n) is 3.16. The van der Waals surface area contributed by atoms with Crippen molar-refractivity contribution < 1.29 is 14.7 Å². The molecule has 3 nitrogen and oxygen atoms in total. The zero-order valence-electron chi connectivity index (χ0n) is 6.78. The van der Waals surface area contributed by atoms with E-state index in [9.17, 15) is 9.59 Å². The van der Waals surface area contributed by atoms with Crippen LogP contribution in [0.5, 0.6) is 0 Å². The second kappa shape index (κ2) is 1.97. The molecule has 0 aliphatic heterocycles. The van der Waals surface area contributed by atoms with E-state index in [1.54, 1.807) is 6.08 Å². The van der Waals surface area contributed by atoms with Crippen molar-refractivity contribution in [1.82, 2.24) is 0 Å². The van der Waals surface area contributed by atoms with Crippen molar-refractivity contribution in [2.45, 2.75) is 13.3 Å². The monoisotopic (exact) mass is 166 g/mol. The molecule has 0 radical (unpaired) electrons. The van der Waals surface area contributed by atoms with Gasteiger partial charge in [-0.1, -0.05) is 13.0 Å². The lowest BCUT2D eigenvalue weighted by Crippen LogP contribution is -2.21. The van der Waals surface area contributed by atoms with E-state index >= 15 is 0 Å². The van der Waals surface area contributed by atoms with Crippen molar-refractivity contribution in [3.63, 3.8) is 0 Å². The molecule has 3 atom stereocenters. The topological polar surface area (TPSA) is 54.4 Å². The summed E-state index contributed by atoms with van der Waals surface area (Å²) in [5.41, 5.74) is -0.744.